The fourth-order valence-electron chi connectivity index (χ4n) is 2.24. The Hall–Kier alpha value is 0.0499. The van der Waals surface area contributed by atoms with E-state index in [2.05, 4.69) is 48.5 Å². The molecular formula is C14H33B2NO. The summed E-state index contributed by atoms with van der Waals surface area (Å²) in [5, 5.41) is 0. The zero-order chi connectivity index (χ0) is 14.4. The number of hydrogen-bond donors (Lipinski definition) is 1. The second-order valence-corrected chi connectivity index (χ2v) is 7.63. The van der Waals surface area contributed by atoms with Gasteiger partial charge in [0.15, 0.2) is 0 Å². The van der Waals surface area contributed by atoms with E-state index in [-0.39, 0.29) is 11.0 Å². The maximum atomic E-state index is 6.06. The van der Waals surface area contributed by atoms with Gasteiger partial charge in [0, 0.05) is 17.6 Å². The third kappa shape index (κ3) is 11.2. The van der Waals surface area contributed by atoms with Gasteiger partial charge in [-0.25, -0.2) is 0 Å². The molecule has 0 aromatic rings. The Morgan fingerprint density at radius 3 is 2.11 bits per heavy atom. The third-order valence-electron chi connectivity index (χ3n) is 3.30. The molecule has 106 valence electrons. The summed E-state index contributed by atoms with van der Waals surface area (Å²) in [5.41, 5.74) is 6.01. The first-order valence-corrected chi connectivity index (χ1v) is 7.45. The Balaban J connectivity index is 3.88. The van der Waals surface area contributed by atoms with Crippen LogP contribution in [0.15, 0.2) is 0 Å². The monoisotopic (exact) mass is 253 g/mol. The average molecular weight is 253 g/mol. The van der Waals surface area contributed by atoms with Crippen molar-refractivity contribution >= 4 is 14.3 Å². The van der Waals surface area contributed by atoms with Crippen molar-refractivity contribution in [3.63, 3.8) is 0 Å². The average Bonchev–Trinajstić information content (AvgIpc) is 2.11. The normalized spacial score (nSPS) is 14.7. The minimum atomic E-state index is -0.0535. The van der Waals surface area contributed by atoms with Gasteiger partial charge in [-0.1, -0.05) is 26.6 Å². The summed E-state index contributed by atoms with van der Waals surface area (Å²) in [7, 11) is 2.30. The van der Waals surface area contributed by atoms with Crippen LogP contribution in [0.1, 0.15) is 61.3 Å². The van der Waals surface area contributed by atoms with Crippen molar-refractivity contribution in [3.05, 3.63) is 0 Å². The molecule has 4 heteroatoms. The molecule has 0 fully saturated rings. The van der Waals surface area contributed by atoms with Crippen LogP contribution in [0.2, 0.25) is 5.82 Å². The lowest BCUT2D eigenvalue weighted by Gasteiger charge is -2.28. The molecule has 0 aliphatic heterocycles. The number of hydrogen-bond acceptors (Lipinski definition) is 2. The van der Waals surface area contributed by atoms with Gasteiger partial charge < -0.3 is 10.5 Å². The number of nitrogens with two attached hydrogens (primary N) is 1. The zero-order valence-electron chi connectivity index (χ0n) is 13.7. The first-order chi connectivity index (χ1) is 8.02. The Bertz CT molecular complexity index is 224. The first-order valence-electron chi connectivity index (χ1n) is 7.45. The van der Waals surface area contributed by atoms with Gasteiger partial charge in [0.1, 0.15) is 7.17 Å². The minimum Gasteiger partial charge on any atom is -0.385 e. The molecule has 0 aromatic carbocycles. The molecule has 0 aliphatic carbocycles. The van der Waals surface area contributed by atoms with Crippen LogP contribution in [0.25, 0.3) is 0 Å². The lowest BCUT2D eigenvalue weighted by atomic mass is 9.28. The lowest BCUT2D eigenvalue weighted by Crippen LogP contribution is -2.40. The predicted octanol–water partition coefficient (Wildman–Crippen LogP) is 2.51. The van der Waals surface area contributed by atoms with Crippen LogP contribution in [0, 0.1) is 5.92 Å². The third-order valence-corrected chi connectivity index (χ3v) is 3.30. The lowest BCUT2D eigenvalue weighted by molar-refractivity contribution is 0.0380. The van der Waals surface area contributed by atoms with Crippen LogP contribution < -0.4 is 5.73 Å². The quantitative estimate of drug-likeness (QED) is 0.641. The summed E-state index contributed by atoms with van der Waals surface area (Å²) in [4.78, 5) is 0. The molecule has 0 spiro atoms. The van der Waals surface area contributed by atoms with Crippen LogP contribution >= 0.6 is 0 Å². The second-order valence-electron chi connectivity index (χ2n) is 7.63. The van der Waals surface area contributed by atoms with Crippen LogP contribution in [-0.4, -0.2) is 32.0 Å². The van der Waals surface area contributed by atoms with Crippen LogP contribution in [0.5, 0.6) is 0 Å². The van der Waals surface area contributed by atoms with E-state index >= 15 is 0 Å². The number of rotatable bonds is 9. The summed E-state index contributed by atoms with van der Waals surface area (Å²) in [6.07, 6.45) is 2.23. The maximum Gasteiger partial charge on any atom is 0.127 e. The molecule has 0 amide bonds. The minimum absolute atomic E-state index is 0.00188. The van der Waals surface area contributed by atoms with Gasteiger partial charge in [0.2, 0.25) is 0 Å². The van der Waals surface area contributed by atoms with Gasteiger partial charge in [-0.05, 0) is 46.5 Å². The Kier molecular flexibility index (Phi) is 7.61. The first kappa shape index (κ1) is 18.0. The molecule has 2 N–H and O–H groups in total. The van der Waals surface area contributed by atoms with Gasteiger partial charge in [0.25, 0.3) is 0 Å². The molecule has 0 bridgehead atoms. The van der Waals surface area contributed by atoms with E-state index in [1.54, 1.807) is 0 Å². The summed E-state index contributed by atoms with van der Waals surface area (Å²) >= 11 is 0. The largest absolute Gasteiger partial charge is 0.385 e. The Labute approximate surface area is 116 Å². The molecule has 18 heavy (non-hydrogen) atoms. The van der Waals surface area contributed by atoms with Gasteiger partial charge in [0.05, 0.1) is 7.17 Å². The Morgan fingerprint density at radius 2 is 1.67 bits per heavy atom. The molecule has 0 aliphatic rings. The SMILES string of the molecule is CC(C)CCOC(C)(C)BBC(C)CC(C)(C)N. The fourth-order valence-corrected chi connectivity index (χ4v) is 2.24. The van der Waals surface area contributed by atoms with Gasteiger partial charge in [-0.15, -0.1) is 0 Å². The van der Waals surface area contributed by atoms with E-state index in [1.807, 2.05) is 0 Å². The zero-order valence-corrected chi connectivity index (χ0v) is 13.7. The highest BCUT2D eigenvalue weighted by Crippen LogP contribution is 2.19. The van der Waals surface area contributed by atoms with Crippen molar-refractivity contribution in [2.24, 2.45) is 11.7 Å². The molecular weight excluding hydrogens is 220 g/mol. The smallest absolute Gasteiger partial charge is 0.127 e. The van der Waals surface area contributed by atoms with E-state index in [1.165, 1.54) is 7.17 Å². The van der Waals surface area contributed by atoms with E-state index < -0.39 is 0 Å². The van der Waals surface area contributed by atoms with Crippen LogP contribution in [0.3, 0.4) is 0 Å². The molecule has 0 heterocycles. The molecule has 0 rings (SSSR count). The molecule has 0 saturated heterocycles. The molecule has 0 aromatic heterocycles. The second kappa shape index (κ2) is 7.59. The molecule has 2 nitrogen and oxygen atoms in total. The topological polar surface area (TPSA) is 35.2 Å². The van der Waals surface area contributed by atoms with E-state index in [4.69, 9.17) is 10.5 Å². The van der Waals surface area contributed by atoms with Crippen molar-refractivity contribution in [3.8, 4) is 0 Å². The highest BCUT2D eigenvalue weighted by molar-refractivity contribution is 7.02. The molecule has 1 atom stereocenters. The summed E-state index contributed by atoms with van der Waals surface area (Å²) in [6.45, 7) is 16.3. The van der Waals surface area contributed by atoms with Gasteiger partial charge in [-0.2, -0.15) is 0 Å². The molecule has 0 saturated carbocycles. The highest BCUT2D eigenvalue weighted by Gasteiger charge is 2.24. The highest BCUT2D eigenvalue weighted by atomic mass is 16.5. The summed E-state index contributed by atoms with van der Waals surface area (Å²) in [5.74, 6) is 1.38. The van der Waals surface area contributed by atoms with Crippen molar-refractivity contribution in [1.29, 1.82) is 0 Å². The van der Waals surface area contributed by atoms with Crippen molar-refractivity contribution < 1.29 is 4.74 Å². The standard InChI is InChI=1S/C14H33B2NO/c1-11(2)8-9-18-14(6,7)16-15-12(3)10-13(4,5)17/h11-12,15-16H,8-10,17H2,1-7H3. The van der Waals surface area contributed by atoms with E-state index in [0.29, 0.717) is 5.82 Å². The molecule has 0 radical (unpaired) electrons. The van der Waals surface area contributed by atoms with Crippen molar-refractivity contribution in [2.75, 3.05) is 6.61 Å². The number of ether oxygens (including phenoxy) is 1. The van der Waals surface area contributed by atoms with Crippen LogP contribution in [-0.2, 0) is 4.74 Å². The summed E-state index contributed by atoms with van der Waals surface area (Å²) in [6, 6.07) is 0. The van der Waals surface area contributed by atoms with Crippen LogP contribution in [0.4, 0.5) is 0 Å². The van der Waals surface area contributed by atoms with Crippen molar-refractivity contribution in [1.82, 2.24) is 0 Å². The van der Waals surface area contributed by atoms with E-state index in [0.717, 1.165) is 32.5 Å². The summed E-state index contributed by atoms with van der Waals surface area (Å²) < 4.78 is 5.99. The predicted molar refractivity (Wildman–Crippen MR) is 86.1 cm³/mol. The van der Waals surface area contributed by atoms with Crippen molar-refractivity contribution in [2.45, 2.75) is 78.2 Å². The maximum absolute atomic E-state index is 6.06. The Morgan fingerprint density at radius 1 is 1.11 bits per heavy atom. The van der Waals surface area contributed by atoms with E-state index in [9.17, 15) is 0 Å². The van der Waals surface area contributed by atoms with Gasteiger partial charge in [-0.3, -0.25) is 0 Å². The van der Waals surface area contributed by atoms with Gasteiger partial charge >= 0.3 is 0 Å². The fraction of sp³-hybridized carbons (Fsp3) is 1.00. The molecule has 1 unspecified atom stereocenters.